The van der Waals surface area contributed by atoms with Crippen LogP contribution in [0.4, 0.5) is 13.2 Å². The van der Waals surface area contributed by atoms with Crippen LogP contribution in [0, 0.1) is 0 Å². The fourth-order valence-electron chi connectivity index (χ4n) is 1.99. The molecule has 2 aromatic heterocycles. The summed E-state index contributed by atoms with van der Waals surface area (Å²) in [7, 11) is 0. The van der Waals surface area contributed by atoms with E-state index in [-0.39, 0.29) is 18.0 Å². The Balaban J connectivity index is 1.73. The van der Waals surface area contributed by atoms with Crippen LogP contribution in [0.1, 0.15) is 21.7 Å². The number of ether oxygens (including phenoxy) is 1. The molecule has 0 amide bonds. The number of rotatable bonds is 4. The summed E-state index contributed by atoms with van der Waals surface area (Å²) in [6.07, 6.45) is -2.97. The first kappa shape index (κ1) is 16.6. The van der Waals surface area contributed by atoms with Gasteiger partial charge in [-0.3, -0.25) is 4.98 Å². The van der Waals surface area contributed by atoms with Crippen molar-refractivity contribution in [2.24, 2.45) is 0 Å². The molecule has 0 unspecified atom stereocenters. The molecule has 2 heterocycles. The van der Waals surface area contributed by atoms with Crippen molar-refractivity contribution in [3.8, 4) is 5.69 Å². The van der Waals surface area contributed by atoms with Gasteiger partial charge in [0, 0.05) is 12.4 Å². The number of nitrogens with zero attached hydrogens (tertiary/aromatic N) is 5. The summed E-state index contributed by atoms with van der Waals surface area (Å²) < 4.78 is 44.3. The van der Waals surface area contributed by atoms with Crippen LogP contribution in [0.25, 0.3) is 5.69 Å². The summed E-state index contributed by atoms with van der Waals surface area (Å²) >= 11 is 0. The van der Waals surface area contributed by atoms with Crippen LogP contribution in [0.5, 0.6) is 0 Å². The van der Waals surface area contributed by atoms with Crippen LogP contribution in [0.2, 0.25) is 0 Å². The highest BCUT2D eigenvalue weighted by Gasteiger charge is 2.31. The van der Waals surface area contributed by atoms with Crippen molar-refractivity contribution < 1.29 is 22.7 Å². The van der Waals surface area contributed by atoms with E-state index in [0.717, 1.165) is 6.20 Å². The van der Waals surface area contributed by atoms with Gasteiger partial charge in [-0.05, 0) is 28.6 Å². The van der Waals surface area contributed by atoms with E-state index in [1.54, 1.807) is 24.3 Å². The zero-order chi connectivity index (χ0) is 17.9. The first-order valence-corrected chi connectivity index (χ1v) is 6.97. The molecule has 0 aliphatic rings. The number of alkyl halides is 3. The summed E-state index contributed by atoms with van der Waals surface area (Å²) in [4.78, 5) is 15.4. The molecule has 0 fully saturated rings. The molecule has 0 saturated heterocycles. The molecular formula is C15H10F3N5O2. The van der Waals surface area contributed by atoms with Gasteiger partial charge in [-0.25, -0.2) is 4.79 Å². The van der Waals surface area contributed by atoms with Gasteiger partial charge in [-0.15, -0.1) is 5.10 Å². The Bertz CT molecular complexity index is 880. The number of aromatic nitrogens is 5. The van der Waals surface area contributed by atoms with Crippen molar-refractivity contribution in [1.29, 1.82) is 0 Å². The standard InChI is InChI=1S/C15H10F3N5O2/c16-15(17,18)11-6-10(7-19-8-11)14(24)25-9-13-20-21-22-23(13)12-4-2-1-3-5-12/h1-8H,9H2. The lowest BCUT2D eigenvalue weighted by atomic mass is 10.2. The maximum absolute atomic E-state index is 12.7. The summed E-state index contributed by atoms with van der Waals surface area (Å²) in [5.41, 5.74) is -0.691. The quantitative estimate of drug-likeness (QED) is 0.673. The first-order valence-electron chi connectivity index (χ1n) is 6.97. The molecule has 0 aliphatic carbocycles. The fraction of sp³-hybridized carbons (Fsp3) is 0.133. The minimum atomic E-state index is -4.60. The number of halogens is 3. The third kappa shape index (κ3) is 3.79. The Morgan fingerprint density at radius 1 is 1.16 bits per heavy atom. The second kappa shape index (κ2) is 6.67. The van der Waals surface area contributed by atoms with Gasteiger partial charge in [-0.2, -0.15) is 17.9 Å². The first-order chi connectivity index (χ1) is 11.9. The zero-order valence-corrected chi connectivity index (χ0v) is 12.5. The highest BCUT2D eigenvalue weighted by Crippen LogP contribution is 2.29. The molecule has 0 saturated carbocycles. The molecule has 1 aromatic carbocycles. The van der Waals surface area contributed by atoms with Crippen molar-refractivity contribution in [2.75, 3.05) is 0 Å². The van der Waals surface area contributed by atoms with Gasteiger partial charge in [0.15, 0.2) is 12.4 Å². The fourth-order valence-corrected chi connectivity index (χ4v) is 1.99. The van der Waals surface area contributed by atoms with E-state index in [2.05, 4.69) is 20.5 Å². The summed E-state index contributed by atoms with van der Waals surface area (Å²) in [6.45, 7) is -0.309. The number of tetrazole rings is 1. The maximum Gasteiger partial charge on any atom is 0.417 e. The lowest BCUT2D eigenvalue weighted by Crippen LogP contribution is -2.12. The van der Waals surface area contributed by atoms with E-state index < -0.39 is 17.7 Å². The van der Waals surface area contributed by atoms with Crippen molar-refractivity contribution >= 4 is 5.97 Å². The van der Waals surface area contributed by atoms with Crippen LogP contribution < -0.4 is 0 Å². The minimum Gasteiger partial charge on any atom is -0.454 e. The Morgan fingerprint density at radius 3 is 2.64 bits per heavy atom. The largest absolute Gasteiger partial charge is 0.454 e. The molecule has 0 radical (unpaired) electrons. The normalized spacial score (nSPS) is 11.3. The molecule has 25 heavy (non-hydrogen) atoms. The van der Waals surface area contributed by atoms with E-state index in [0.29, 0.717) is 18.0 Å². The van der Waals surface area contributed by atoms with Gasteiger partial charge < -0.3 is 4.74 Å². The molecule has 0 spiro atoms. The lowest BCUT2D eigenvalue weighted by Gasteiger charge is -2.08. The van der Waals surface area contributed by atoms with Crippen LogP contribution in [0.15, 0.2) is 48.8 Å². The van der Waals surface area contributed by atoms with Gasteiger partial charge in [0.25, 0.3) is 0 Å². The van der Waals surface area contributed by atoms with Crippen LogP contribution in [0.3, 0.4) is 0 Å². The summed E-state index contributed by atoms with van der Waals surface area (Å²) in [6, 6.07) is 9.54. The summed E-state index contributed by atoms with van der Waals surface area (Å²) in [5.74, 6) is -0.735. The predicted octanol–water partition coefficient (Wildman–Crippen LogP) is 2.43. The monoisotopic (exact) mass is 349 g/mol. The number of esters is 1. The number of hydrogen-bond acceptors (Lipinski definition) is 6. The number of carbonyl (C=O) groups excluding carboxylic acids is 1. The molecule has 3 rings (SSSR count). The molecule has 0 N–H and O–H groups in total. The Kier molecular flexibility index (Phi) is 4.42. The Labute approximate surface area is 139 Å². The SMILES string of the molecule is O=C(OCc1nnnn1-c1ccccc1)c1cncc(C(F)(F)F)c1. The average Bonchev–Trinajstić information content (AvgIpc) is 3.08. The van der Waals surface area contributed by atoms with E-state index in [4.69, 9.17) is 4.74 Å². The highest BCUT2D eigenvalue weighted by atomic mass is 19.4. The number of carbonyl (C=O) groups is 1. The Hall–Kier alpha value is -3.30. The smallest absolute Gasteiger partial charge is 0.417 e. The number of hydrogen-bond donors (Lipinski definition) is 0. The van der Waals surface area contributed by atoms with Crippen molar-refractivity contribution in [1.82, 2.24) is 25.2 Å². The second-order valence-electron chi connectivity index (χ2n) is 4.88. The molecular weight excluding hydrogens is 339 g/mol. The van der Waals surface area contributed by atoms with E-state index in [9.17, 15) is 18.0 Å². The van der Waals surface area contributed by atoms with E-state index in [1.807, 2.05) is 6.07 Å². The molecule has 7 nitrogen and oxygen atoms in total. The minimum absolute atomic E-state index is 0.222. The van der Waals surface area contributed by atoms with Gasteiger partial charge in [-0.1, -0.05) is 18.2 Å². The highest BCUT2D eigenvalue weighted by molar-refractivity contribution is 5.89. The zero-order valence-electron chi connectivity index (χ0n) is 12.5. The Morgan fingerprint density at radius 2 is 1.92 bits per heavy atom. The van der Waals surface area contributed by atoms with Crippen LogP contribution >= 0.6 is 0 Å². The van der Waals surface area contributed by atoms with Gasteiger partial charge >= 0.3 is 12.1 Å². The maximum atomic E-state index is 12.7. The van der Waals surface area contributed by atoms with Crippen molar-refractivity contribution in [3.63, 3.8) is 0 Å². The van der Waals surface area contributed by atoms with Crippen molar-refractivity contribution in [2.45, 2.75) is 12.8 Å². The van der Waals surface area contributed by atoms with E-state index in [1.165, 1.54) is 4.68 Å². The average molecular weight is 349 g/mol. The van der Waals surface area contributed by atoms with Gasteiger partial charge in [0.05, 0.1) is 16.8 Å². The number of benzene rings is 1. The molecule has 3 aromatic rings. The molecule has 10 heteroatoms. The van der Waals surface area contributed by atoms with Gasteiger partial charge in [0.2, 0.25) is 0 Å². The molecule has 0 aliphatic heterocycles. The number of pyridine rings is 1. The number of para-hydroxylation sites is 1. The molecule has 128 valence electrons. The molecule has 0 bridgehead atoms. The second-order valence-corrected chi connectivity index (χ2v) is 4.88. The molecule has 0 atom stereocenters. The van der Waals surface area contributed by atoms with Gasteiger partial charge in [0.1, 0.15) is 0 Å². The third-order valence-corrected chi connectivity index (χ3v) is 3.17. The topological polar surface area (TPSA) is 82.8 Å². The van der Waals surface area contributed by atoms with Crippen LogP contribution in [-0.2, 0) is 17.5 Å². The van der Waals surface area contributed by atoms with Crippen molar-refractivity contribution in [3.05, 3.63) is 65.7 Å². The predicted molar refractivity (Wildman–Crippen MR) is 77.5 cm³/mol. The summed E-state index contributed by atoms with van der Waals surface area (Å²) in [5, 5.41) is 11.0. The van der Waals surface area contributed by atoms with Crippen LogP contribution in [-0.4, -0.2) is 31.2 Å². The lowest BCUT2D eigenvalue weighted by molar-refractivity contribution is -0.137. The third-order valence-electron chi connectivity index (χ3n) is 3.17. The van der Waals surface area contributed by atoms with E-state index >= 15 is 0 Å².